The summed E-state index contributed by atoms with van der Waals surface area (Å²) in [5.74, 6) is 0.449. The Labute approximate surface area is 96.1 Å². The maximum Gasteiger partial charge on any atom is 0.256 e. The molecule has 0 aliphatic rings. The van der Waals surface area contributed by atoms with Crippen LogP contribution < -0.4 is 0 Å². The molecule has 0 aliphatic carbocycles. The molecule has 0 radical (unpaired) electrons. The molecular formula is C10H10ClF2N3. The molecule has 0 aliphatic heterocycles. The molecule has 2 aromatic rings. The van der Waals surface area contributed by atoms with Gasteiger partial charge in [-0.1, -0.05) is 0 Å². The van der Waals surface area contributed by atoms with Crippen molar-refractivity contribution in [3.8, 4) is 0 Å². The highest BCUT2D eigenvalue weighted by atomic mass is 35.5. The molecule has 0 spiro atoms. The molecule has 1 atom stereocenters. The summed E-state index contributed by atoms with van der Waals surface area (Å²) in [5, 5.41) is -0.411. The van der Waals surface area contributed by atoms with Crippen molar-refractivity contribution in [1.82, 2.24) is 14.5 Å². The summed E-state index contributed by atoms with van der Waals surface area (Å²) in [6, 6.07) is 1.66. The van der Waals surface area contributed by atoms with Crippen LogP contribution in [0.4, 0.5) is 8.78 Å². The number of aromatic nitrogens is 3. The molecule has 16 heavy (non-hydrogen) atoms. The zero-order valence-electron chi connectivity index (χ0n) is 8.57. The summed E-state index contributed by atoms with van der Waals surface area (Å²) in [6.45, 7) is 1.31. The van der Waals surface area contributed by atoms with Crippen molar-refractivity contribution < 1.29 is 8.78 Å². The number of imidazole rings is 1. The molecule has 0 bridgehead atoms. The van der Waals surface area contributed by atoms with Crippen LogP contribution >= 0.6 is 11.6 Å². The van der Waals surface area contributed by atoms with Gasteiger partial charge >= 0.3 is 0 Å². The summed E-state index contributed by atoms with van der Waals surface area (Å²) in [6.07, 6.45) is 0.661. The van der Waals surface area contributed by atoms with Gasteiger partial charge in [-0.2, -0.15) is 0 Å². The number of hydrogen-bond donors (Lipinski definition) is 0. The van der Waals surface area contributed by atoms with Gasteiger partial charge in [-0.3, -0.25) is 4.98 Å². The van der Waals surface area contributed by atoms with Crippen LogP contribution in [-0.2, 0) is 6.54 Å². The smallest absolute Gasteiger partial charge is 0.256 e. The van der Waals surface area contributed by atoms with Gasteiger partial charge in [0.1, 0.15) is 11.3 Å². The van der Waals surface area contributed by atoms with Crippen LogP contribution in [0.3, 0.4) is 0 Å². The molecule has 6 heteroatoms. The first-order chi connectivity index (χ1) is 7.59. The zero-order chi connectivity index (χ0) is 11.7. The van der Waals surface area contributed by atoms with E-state index in [1.807, 2.05) is 0 Å². The lowest BCUT2D eigenvalue weighted by Gasteiger charge is -2.09. The van der Waals surface area contributed by atoms with Crippen molar-refractivity contribution in [2.45, 2.75) is 25.3 Å². The van der Waals surface area contributed by atoms with Gasteiger partial charge in [0.25, 0.3) is 6.43 Å². The number of halogens is 3. The molecule has 0 saturated carbocycles. The Kier molecular flexibility index (Phi) is 3.05. The lowest BCUT2D eigenvalue weighted by molar-refractivity contribution is 0.127. The third kappa shape index (κ3) is 2.00. The van der Waals surface area contributed by atoms with E-state index in [1.165, 1.54) is 4.57 Å². The third-order valence-electron chi connectivity index (χ3n) is 2.26. The van der Waals surface area contributed by atoms with Gasteiger partial charge < -0.3 is 4.57 Å². The second kappa shape index (κ2) is 4.33. The summed E-state index contributed by atoms with van der Waals surface area (Å²) in [5.41, 5.74) is 1.23. The van der Waals surface area contributed by atoms with Crippen molar-refractivity contribution >= 4 is 22.6 Å². The number of hydrogen-bond acceptors (Lipinski definition) is 2. The van der Waals surface area contributed by atoms with Gasteiger partial charge in [-0.05, 0) is 13.0 Å². The fourth-order valence-electron chi connectivity index (χ4n) is 1.63. The molecule has 0 amide bonds. The molecule has 86 valence electrons. The lowest BCUT2D eigenvalue weighted by atomic mass is 10.4. The Hall–Kier alpha value is -1.23. The summed E-state index contributed by atoms with van der Waals surface area (Å²) < 4.78 is 26.4. The standard InChI is InChI=1S/C10H10ClF2N3/c1-6(11)10-15-7-4-14-3-2-8(7)16(10)5-9(12)13/h2-4,6,9H,5H2,1H3. The molecule has 0 N–H and O–H groups in total. The molecule has 2 rings (SSSR count). The first-order valence-electron chi connectivity index (χ1n) is 4.82. The Balaban J connectivity index is 2.60. The van der Waals surface area contributed by atoms with Crippen LogP contribution in [-0.4, -0.2) is 21.0 Å². The van der Waals surface area contributed by atoms with Gasteiger partial charge in [0.05, 0.1) is 23.6 Å². The van der Waals surface area contributed by atoms with Gasteiger partial charge in [0.2, 0.25) is 0 Å². The highest BCUT2D eigenvalue weighted by Crippen LogP contribution is 2.24. The van der Waals surface area contributed by atoms with Crippen LogP contribution in [0, 0.1) is 0 Å². The summed E-state index contributed by atoms with van der Waals surface area (Å²) >= 11 is 5.91. The lowest BCUT2D eigenvalue weighted by Crippen LogP contribution is -2.10. The number of fused-ring (bicyclic) bond motifs is 1. The Morgan fingerprint density at radius 2 is 2.25 bits per heavy atom. The molecule has 0 fully saturated rings. The van der Waals surface area contributed by atoms with E-state index in [1.54, 1.807) is 25.4 Å². The fraction of sp³-hybridized carbons (Fsp3) is 0.400. The number of pyridine rings is 1. The quantitative estimate of drug-likeness (QED) is 0.779. The third-order valence-corrected chi connectivity index (χ3v) is 2.45. The molecule has 1 unspecified atom stereocenters. The average Bonchev–Trinajstić information content (AvgIpc) is 2.57. The van der Waals surface area contributed by atoms with E-state index in [4.69, 9.17) is 11.6 Å². The highest BCUT2D eigenvalue weighted by molar-refractivity contribution is 6.20. The van der Waals surface area contributed by atoms with Crippen molar-refractivity contribution in [3.63, 3.8) is 0 Å². The fourth-order valence-corrected chi connectivity index (χ4v) is 1.80. The molecular weight excluding hydrogens is 236 g/mol. The average molecular weight is 246 g/mol. The predicted molar refractivity (Wildman–Crippen MR) is 57.8 cm³/mol. The van der Waals surface area contributed by atoms with E-state index < -0.39 is 18.3 Å². The SMILES string of the molecule is CC(Cl)c1nc2cnccc2n1CC(F)F. The van der Waals surface area contributed by atoms with Crippen molar-refractivity contribution in [2.75, 3.05) is 0 Å². The minimum absolute atomic E-state index is 0.396. The minimum Gasteiger partial charge on any atom is -0.321 e. The Bertz CT molecular complexity index is 496. The van der Waals surface area contributed by atoms with E-state index in [0.717, 1.165) is 0 Å². The van der Waals surface area contributed by atoms with Gasteiger partial charge in [0.15, 0.2) is 0 Å². The molecule has 0 aromatic carbocycles. The van der Waals surface area contributed by atoms with Crippen molar-refractivity contribution in [2.24, 2.45) is 0 Å². The molecule has 2 heterocycles. The van der Waals surface area contributed by atoms with Crippen LogP contribution in [0.1, 0.15) is 18.1 Å². The molecule has 2 aromatic heterocycles. The van der Waals surface area contributed by atoms with Crippen LogP contribution in [0.25, 0.3) is 11.0 Å². The molecule has 3 nitrogen and oxygen atoms in total. The zero-order valence-corrected chi connectivity index (χ0v) is 9.33. The number of alkyl halides is 3. The number of rotatable bonds is 3. The van der Waals surface area contributed by atoms with E-state index in [9.17, 15) is 8.78 Å². The maximum atomic E-state index is 12.5. The largest absolute Gasteiger partial charge is 0.321 e. The van der Waals surface area contributed by atoms with Crippen molar-refractivity contribution in [1.29, 1.82) is 0 Å². The van der Waals surface area contributed by atoms with Crippen LogP contribution in [0.5, 0.6) is 0 Å². The van der Waals surface area contributed by atoms with Crippen LogP contribution in [0.2, 0.25) is 0 Å². The summed E-state index contributed by atoms with van der Waals surface area (Å²) in [7, 11) is 0. The maximum absolute atomic E-state index is 12.5. The first-order valence-corrected chi connectivity index (χ1v) is 5.25. The van der Waals surface area contributed by atoms with Gasteiger partial charge in [-0.25, -0.2) is 13.8 Å². The summed E-state index contributed by atoms with van der Waals surface area (Å²) in [4.78, 5) is 8.10. The highest BCUT2D eigenvalue weighted by Gasteiger charge is 2.17. The Morgan fingerprint density at radius 1 is 1.50 bits per heavy atom. The minimum atomic E-state index is -2.43. The second-order valence-electron chi connectivity index (χ2n) is 3.45. The Morgan fingerprint density at radius 3 is 2.88 bits per heavy atom. The van der Waals surface area contributed by atoms with E-state index >= 15 is 0 Å². The second-order valence-corrected chi connectivity index (χ2v) is 4.11. The van der Waals surface area contributed by atoms with E-state index in [-0.39, 0.29) is 0 Å². The number of nitrogens with zero attached hydrogens (tertiary/aromatic N) is 3. The first kappa shape index (κ1) is 11.3. The predicted octanol–water partition coefficient (Wildman–Crippen LogP) is 3.00. The van der Waals surface area contributed by atoms with Gasteiger partial charge in [0, 0.05) is 6.20 Å². The normalized spacial score (nSPS) is 13.6. The topological polar surface area (TPSA) is 30.7 Å². The molecule has 0 saturated heterocycles. The van der Waals surface area contributed by atoms with Crippen molar-refractivity contribution in [3.05, 3.63) is 24.3 Å². The van der Waals surface area contributed by atoms with Gasteiger partial charge in [-0.15, -0.1) is 11.6 Å². The monoisotopic (exact) mass is 245 g/mol. The van der Waals surface area contributed by atoms with Crippen LogP contribution in [0.15, 0.2) is 18.5 Å². The van der Waals surface area contributed by atoms with E-state index in [0.29, 0.717) is 16.9 Å². The van der Waals surface area contributed by atoms with E-state index in [2.05, 4.69) is 9.97 Å².